The summed E-state index contributed by atoms with van der Waals surface area (Å²) in [5.41, 5.74) is 0.678. The number of esters is 4. The summed E-state index contributed by atoms with van der Waals surface area (Å²) in [6.45, 7) is 3.47. The van der Waals surface area contributed by atoms with Crippen LogP contribution in [-0.2, 0) is 19.1 Å². The number of hydrogen-bond donors (Lipinski definition) is 2. The Morgan fingerprint density at radius 2 is 0.875 bits per heavy atom. The first-order valence-electron chi connectivity index (χ1n) is 15.0. The highest BCUT2D eigenvalue weighted by Gasteiger charge is 2.39. The van der Waals surface area contributed by atoms with Crippen molar-refractivity contribution in [3.8, 4) is 11.5 Å². The molecule has 0 aliphatic heterocycles. The van der Waals surface area contributed by atoms with Crippen molar-refractivity contribution in [2.45, 2.75) is 26.7 Å². The highest BCUT2D eigenvalue weighted by molar-refractivity contribution is 6.17. The number of phenolic OH excluding ortho intramolecular Hbond substituents is 2. The molecule has 48 heavy (non-hydrogen) atoms. The molecule has 1 aliphatic carbocycles. The molecule has 0 saturated heterocycles. The normalized spacial score (nSPS) is 15.3. The van der Waals surface area contributed by atoms with Gasteiger partial charge in [0.05, 0.1) is 34.1 Å². The fourth-order valence-electron chi connectivity index (χ4n) is 5.45. The van der Waals surface area contributed by atoms with Crippen molar-refractivity contribution in [3.63, 3.8) is 0 Å². The molecule has 0 bridgehead atoms. The van der Waals surface area contributed by atoms with E-state index in [1.807, 2.05) is 0 Å². The molecule has 10 nitrogen and oxygen atoms in total. The first kappa shape index (κ1) is 33.2. The first-order valence-corrected chi connectivity index (χ1v) is 15.0. The highest BCUT2D eigenvalue weighted by atomic mass is 16.6. The zero-order valence-corrected chi connectivity index (χ0v) is 26.0. The van der Waals surface area contributed by atoms with Gasteiger partial charge >= 0.3 is 23.9 Å². The fourth-order valence-corrected chi connectivity index (χ4v) is 5.45. The number of carbonyl (C=O) groups excluding carboxylic acids is 6. The molecule has 4 aromatic rings. The summed E-state index contributed by atoms with van der Waals surface area (Å²) < 4.78 is 10.3. The minimum absolute atomic E-state index is 0.000476. The van der Waals surface area contributed by atoms with E-state index in [2.05, 4.69) is 0 Å². The SMILES string of the molecule is Cc1ccc(O)c(C(=O)c2ccccc2C(=O)OC(=O)C2CC=CCC2C(=O)OC(=O)c2ccccc2C(=O)c2cc(C)ccc2O)c1. The third-order valence-corrected chi connectivity index (χ3v) is 8.00. The molecule has 0 spiro atoms. The van der Waals surface area contributed by atoms with Crippen molar-refractivity contribution in [2.75, 3.05) is 0 Å². The predicted molar refractivity (Wildman–Crippen MR) is 172 cm³/mol. The second kappa shape index (κ2) is 14.1. The zero-order chi connectivity index (χ0) is 34.5. The highest BCUT2D eigenvalue weighted by Crippen LogP contribution is 2.30. The van der Waals surface area contributed by atoms with Gasteiger partial charge in [-0.3, -0.25) is 19.2 Å². The summed E-state index contributed by atoms with van der Waals surface area (Å²) in [6, 6.07) is 20.2. The summed E-state index contributed by atoms with van der Waals surface area (Å²) in [5.74, 6) is -8.70. The van der Waals surface area contributed by atoms with Gasteiger partial charge in [-0.2, -0.15) is 0 Å². The molecule has 4 aromatic carbocycles. The Hall–Kier alpha value is -6.16. The number of phenols is 2. The lowest BCUT2D eigenvalue weighted by Gasteiger charge is -2.24. The molecule has 0 aromatic heterocycles. The van der Waals surface area contributed by atoms with Crippen molar-refractivity contribution >= 4 is 35.4 Å². The van der Waals surface area contributed by atoms with Gasteiger partial charge in [0.25, 0.3) is 0 Å². The van der Waals surface area contributed by atoms with E-state index < -0.39 is 47.3 Å². The first-order chi connectivity index (χ1) is 23.0. The van der Waals surface area contributed by atoms with Gasteiger partial charge in [0.2, 0.25) is 0 Å². The van der Waals surface area contributed by atoms with E-state index in [0.29, 0.717) is 11.1 Å². The molecular weight excluding hydrogens is 616 g/mol. The van der Waals surface area contributed by atoms with Crippen LogP contribution < -0.4 is 0 Å². The lowest BCUT2D eigenvalue weighted by atomic mass is 9.83. The molecule has 2 unspecified atom stereocenters. The maximum atomic E-state index is 13.3. The largest absolute Gasteiger partial charge is 0.507 e. The molecular formula is C38H30O10. The topological polar surface area (TPSA) is 161 Å². The van der Waals surface area contributed by atoms with Crippen LogP contribution in [0.4, 0.5) is 0 Å². The molecule has 2 atom stereocenters. The van der Waals surface area contributed by atoms with Crippen LogP contribution in [0, 0.1) is 25.7 Å². The van der Waals surface area contributed by atoms with Gasteiger partial charge in [-0.15, -0.1) is 0 Å². The minimum Gasteiger partial charge on any atom is -0.507 e. The Morgan fingerprint density at radius 1 is 0.521 bits per heavy atom. The maximum Gasteiger partial charge on any atom is 0.346 e. The monoisotopic (exact) mass is 646 g/mol. The molecule has 242 valence electrons. The van der Waals surface area contributed by atoms with E-state index in [1.165, 1.54) is 72.8 Å². The maximum absolute atomic E-state index is 13.3. The summed E-state index contributed by atoms with van der Waals surface area (Å²) in [6.07, 6.45) is 3.25. The Morgan fingerprint density at radius 3 is 1.25 bits per heavy atom. The number of benzene rings is 4. The molecule has 0 fully saturated rings. The second-order valence-corrected chi connectivity index (χ2v) is 11.4. The third-order valence-electron chi connectivity index (χ3n) is 8.00. The van der Waals surface area contributed by atoms with Gasteiger partial charge in [0.15, 0.2) is 11.6 Å². The summed E-state index contributed by atoms with van der Waals surface area (Å²) in [4.78, 5) is 79.6. The van der Waals surface area contributed by atoms with Gasteiger partial charge in [-0.1, -0.05) is 71.8 Å². The molecule has 10 heteroatoms. The molecule has 2 N–H and O–H groups in total. The summed E-state index contributed by atoms with van der Waals surface area (Å²) in [5, 5.41) is 20.5. The van der Waals surface area contributed by atoms with E-state index in [-0.39, 0.29) is 57.7 Å². The van der Waals surface area contributed by atoms with Crippen LogP contribution in [-0.4, -0.2) is 45.7 Å². The second-order valence-electron chi connectivity index (χ2n) is 11.4. The van der Waals surface area contributed by atoms with Crippen molar-refractivity contribution in [1.82, 2.24) is 0 Å². The van der Waals surface area contributed by atoms with Crippen LogP contribution in [0.25, 0.3) is 0 Å². The smallest absolute Gasteiger partial charge is 0.346 e. The molecule has 1 aliphatic rings. The standard InChI is InChI=1S/C38H30O10/c1-21-15-17-31(39)29(19-21)33(41)23-9-3-5-11-25(23)35(43)47-37(45)27-13-7-8-14-28(27)38(46)48-36(44)26-12-6-4-10-24(26)34(42)30-20-22(2)16-18-32(30)40/h3-12,15-20,27-28,39-40H,13-14H2,1-2H3. The molecule has 0 amide bonds. The number of rotatable bonds is 8. The third kappa shape index (κ3) is 6.97. The zero-order valence-electron chi connectivity index (χ0n) is 26.0. The lowest BCUT2D eigenvalue weighted by molar-refractivity contribution is -0.154. The van der Waals surface area contributed by atoms with Gasteiger partial charge in [0.1, 0.15) is 11.5 Å². The fraction of sp³-hybridized carbons (Fsp3) is 0.158. The molecule has 5 rings (SSSR count). The van der Waals surface area contributed by atoms with Crippen molar-refractivity contribution in [1.29, 1.82) is 0 Å². The average Bonchev–Trinajstić information content (AvgIpc) is 3.09. The number of allylic oxidation sites excluding steroid dienone is 2. The quantitative estimate of drug-likeness (QED) is 0.103. The average molecular weight is 647 g/mol. The van der Waals surface area contributed by atoms with Gasteiger partial charge in [-0.05, 0) is 63.1 Å². The van der Waals surface area contributed by atoms with Gasteiger partial charge < -0.3 is 19.7 Å². The van der Waals surface area contributed by atoms with E-state index in [1.54, 1.807) is 38.1 Å². The Balaban J connectivity index is 1.32. The Bertz CT molecular complexity index is 1860. The van der Waals surface area contributed by atoms with Crippen LogP contribution in [0.2, 0.25) is 0 Å². The van der Waals surface area contributed by atoms with Crippen LogP contribution in [0.1, 0.15) is 76.5 Å². The predicted octanol–water partition coefficient (Wildman–Crippen LogP) is 5.83. The van der Waals surface area contributed by atoms with Crippen LogP contribution in [0.3, 0.4) is 0 Å². The van der Waals surface area contributed by atoms with E-state index in [4.69, 9.17) is 9.47 Å². The minimum atomic E-state index is -1.20. The Kier molecular flexibility index (Phi) is 9.75. The van der Waals surface area contributed by atoms with Crippen LogP contribution in [0.15, 0.2) is 97.1 Å². The lowest BCUT2D eigenvalue weighted by Crippen LogP contribution is -2.35. The summed E-state index contributed by atoms with van der Waals surface area (Å²) >= 11 is 0. The molecule has 0 saturated carbocycles. The van der Waals surface area contributed by atoms with Crippen LogP contribution in [0.5, 0.6) is 11.5 Å². The van der Waals surface area contributed by atoms with Crippen molar-refractivity contribution in [3.05, 3.63) is 142 Å². The van der Waals surface area contributed by atoms with E-state index in [0.717, 1.165) is 0 Å². The van der Waals surface area contributed by atoms with E-state index in [9.17, 15) is 39.0 Å². The number of aryl methyl sites for hydroxylation is 2. The number of carbonyl (C=O) groups is 6. The number of ether oxygens (including phenoxy) is 2. The van der Waals surface area contributed by atoms with Crippen molar-refractivity contribution in [2.24, 2.45) is 11.8 Å². The van der Waals surface area contributed by atoms with Crippen molar-refractivity contribution < 1.29 is 48.5 Å². The number of hydrogen-bond acceptors (Lipinski definition) is 10. The van der Waals surface area contributed by atoms with Gasteiger partial charge in [0, 0.05) is 11.1 Å². The number of aromatic hydroxyl groups is 2. The van der Waals surface area contributed by atoms with Crippen LogP contribution >= 0.6 is 0 Å². The summed E-state index contributed by atoms with van der Waals surface area (Å²) in [7, 11) is 0. The number of ketones is 2. The van der Waals surface area contributed by atoms with Gasteiger partial charge in [-0.25, -0.2) is 9.59 Å². The Labute approximate surface area is 275 Å². The molecule has 0 heterocycles. The molecule has 0 radical (unpaired) electrons. The van der Waals surface area contributed by atoms with E-state index >= 15 is 0 Å².